The lowest BCUT2D eigenvalue weighted by molar-refractivity contribution is -0.136. The van der Waals surface area contributed by atoms with Gasteiger partial charge >= 0.3 is 6.92 Å². The molecule has 6 heteroatoms. The van der Waals surface area contributed by atoms with Gasteiger partial charge in [0.2, 0.25) is 11.8 Å². The van der Waals surface area contributed by atoms with Gasteiger partial charge in [0.05, 0.1) is 6.54 Å². The normalized spacial score (nSPS) is 28.2. The van der Waals surface area contributed by atoms with Crippen LogP contribution in [0.25, 0.3) is 0 Å². The lowest BCUT2D eigenvalue weighted by atomic mass is 9.42. The number of hydrogen-bond donors (Lipinski definition) is 2. The molecule has 4 fully saturated rings. The molecule has 0 aromatic rings. The van der Waals surface area contributed by atoms with Gasteiger partial charge < -0.3 is 15.3 Å². The summed E-state index contributed by atoms with van der Waals surface area (Å²) in [6.07, 6.45) is 7.87. The summed E-state index contributed by atoms with van der Waals surface area (Å²) in [5.41, 5.74) is 0.00993. The Morgan fingerprint density at radius 1 is 1.15 bits per heavy atom. The van der Waals surface area contributed by atoms with E-state index in [9.17, 15) is 9.59 Å². The topological polar surface area (TPSA) is 67.4 Å². The Balaban J connectivity index is 0.00000122. The maximum Gasteiger partial charge on any atom is 0.316 e. The zero-order chi connectivity index (χ0) is 25.0. The van der Waals surface area contributed by atoms with E-state index < -0.39 is 5.41 Å². The predicted molar refractivity (Wildman–Crippen MR) is 138 cm³/mol. The summed E-state index contributed by atoms with van der Waals surface area (Å²) < 4.78 is 6.53. The maximum atomic E-state index is 12.7. The number of amides is 2. The molecule has 0 radical (unpaired) electrons. The molecule has 5 unspecified atom stereocenters. The first-order chi connectivity index (χ1) is 15.4. The van der Waals surface area contributed by atoms with E-state index in [-0.39, 0.29) is 31.2 Å². The van der Waals surface area contributed by atoms with Crippen molar-refractivity contribution in [2.75, 3.05) is 6.54 Å². The summed E-state index contributed by atoms with van der Waals surface area (Å²) in [4.78, 5) is 25.1. The van der Waals surface area contributed by atoms with Crippen LogP contribution >= 0.6 is 0 Å². The van der Waals surface area contributed by atoms with Crippen LogP contribution in [0.15, 0.2) is 0 Å². The highest BCUT2D eigenvalue weighted by atomic mass is 16.5. The molecule has 2 amide bonds. The predicted octanol–water partition coefficient (Wildman–Crippen LogP) is 5.49. The molecule has 0 spiro atoms. The molecule has 1 saturated heterocycles. The van der Waals surface area contributed by atoms with Gasteiger partial charge in [0.1, 0.15) is 0 Å². The van der Waals surface area contributed by atoms with Crippen LogP contribution in [0.4, 0.5) is 0 Å². The zero-order valence-corrected chi connectivity index (χ0v) is 22.9. The number of hydrogen-bond acceptors (Lipinski definition) is 3. The van der Waals surface area contributed by atoms with Gasteiger partial charge in [-0.25, -0.2) is 0 Å². The molecule has 1 heterocycles. The van der Waals surface area contributed by atoms with E-state index in [1.807, 2.05) is 13.8 Å². The summed E-state index contributed by atoms with van der Waals surface area (Å²) >= 11 is 0. The third kappa shape index (κ3) is 6.77. The second kappa shape index (κ2) is 11.6. The van der Waals surface area contributed by atoms with Crippen LogP contribution < -0.4 is 10.6 Å². The third-order valence-corrected chi connectivity index (χ3v) is 8.33. The first-order valence-electron chi connectivity index (χ1n) is 13.6. The first kappa shape index (κ1) is 28.2. The summed E-state index contributed by atoms with van der Waals surface area (Å²) in [7, 11) is 0. The third-order valence-electron chi connectivity index (χ3n) is 8.33. The summed E-state index contributed by atoms with van der Waals surface area (Å²) in [5.74, 6) is 2.53. The molecule has 2 bridgehead atoms. The average molecular weight is 463 g/mol. The summed E-state index contributed by atoms with van der Waals surface area (Å²) in [6.45, 7) is 19.6. The molecule has 1 aliphatic heterocycles. The highest BCUT2D eigenvalue weighted by Gasteiger charge is 2.61. The fourth-order valence-corrected chi connectivity index (χ4v) is 6.38. The largest absolute Gasteiger partial charge is 0.431 e. The Morgan fingerprint density at radius 3 is 2.33 bits per heavy atom. The maximum absolute atomic E-state index is 12.7. The smallest absolute Gasteiger partial charge is 0.316 e. The fraction of sp³-hybridized carbons (Fsp3) is 0.926. The highest BCUT2D eigenvalue weighted by molar-refractivity contribution is 6.55. The van der Waals surface area contributed by atoms with Gasteiger partial charge in [0.25, 0.3) is 0 Å². The standard InChI is InChI=1S/C24H43BN2O3.C3H8/c1-8-9-23(4,5)22(29)26-14-21(28)27-20(10-15(2)3)25-13-17-18-11-16(24(18,6)7)12-19(17)30-25;1-3-2/h15-20H,8-14H2,1-7H3,(H,26,29)(H,27,28);3H2,1-2H3. The second-order valence-corrected chi connectivity index (χ2v) is 12.5. The minimum absolute atomic E-state index is 0.0176. The lowest BCUT2D eigenvalue weighted by Gasteiger charge is -2.61. The number of carbonyl (C=O) groups is 2. The molecule has 0 aromatic carbocycles. The Labute approximate surface area is 204 Å². The SMILES string of the molecule is CCC.CCCC(C)(C)C(=O)NCC(=O)NC(CC(C)C)B1CC2C(CC3CC2C3(C)C)O1. The summed E-state index contributed by atoms with van der Waals surface area (Å²) in [5, 5.41) is 6.05. The Bertz CT molecular complexity index is 664. The molecule has 3 aliphatic carbocycles. The molecule has 33 heavy (non-hydrogen) atoms. The van der Waals surface area contributed by atoms with Gasteiger partial charge in [-0.05, 0) is 61.1 Å². The minimum Gasteiger partial charge on any atom is -0.431 e. The van der Waals surface area contributed by atoms with E-state index >= 15 is 0 Å². The minimum atomic E-state index is -0.440. The highest BCUT2D eigenvalue weighted by Crippen LogP contribution is 2.64. The second-order valence-electron chi connectivity index (χ2n) is 12.5. The van der Waals surface area contributed by atoms with Crippen LogP contribution in [-0.2, 0) is 14.2 Å². The summed E-state index contributed by atoms with van der Waals surface area (Å²) in [6, 6.07) is 0. The van der Waals surface area contributed by atoms with E-state index in [1.165, 1.54) is 19.3 Å². The molecular weight excluding hydrogens is 411 g/mol. The van der Waals surface area contributed by atoms with Gasteiger partial charge in [-0.3, -0.25) is 9.59 Å². The van der Waals surface area contributed by atoms with E-state index in [4.69, 9.17) is 4.65 Å². The molecule has 5 nitrogen and oxygen atoms in total. The van der Waals surface area contributed by atoms with E-state index in [0.29, 0.717) is 23.4 Å². The van der Waals surface area contributed by atoms with Crippen molar-refractivity contribution in [1.82, 2.24) is 10.6 Å². The van der Waals surface area contributed by atoms with Crippen LogP contribution in [0.1, 0.15) is 101 Å². The Morgan fingerprint density at radius 2 is 1.79 bits per heavy atom. The van der Waals surface area contributed by atoms with Crippen molar-refractivity contribution >= 4 is 18.7 Å². The van der Waals surface area contributed by atoms with Crippen molar-refractivity contribution in [3.05, 3.63) is 0 Å². The molecule has 2 N–H and O–H groups in total. The van der Waals surface area contributed by atoms with Gasteiger partial charge in [-0.1, -0.05) is 75.2 Å². The fourth-order valence-electron chi connectivity index (χ4n) is 6.38. The van der Waals surface area contributed by atoms with Crippen LogP contribution in [0.5, 0.6) is 0 Å². The monoisotopic (exact) mass is 462 g/mol. The molecule has 4 aliphatic rings. The first-order valence-corrected chi connectivity index (χ1v) is 13.6. The Hall–Kier alpha value is -1.04. The van der Waals surface area contributed by atoms with Crippen LogP contribution in [0, 0.1) is 34.5 Å². The van der Waals surface area contributed by atoms with Crippen molar-refractivity contribution in [3.63, 3.8) is 0 Å². The van der Waals surface area contributed by atoms with Gasteiger partial charge in [-0.2, -0.15) is 0 Å². The van der Waals surface area contributed by atoms with Gasteiger partial charge in [0, 0.05) is 17.5 Å². The van der Waals surface area contributed by atoms with Crippen molar-refractivity contribution < 1.29 is 14.2 Å². The van der Waals surface area contributed by atoms with Crippen molar-refractivity contribution in [2.24, 2.45) is 34.5 Å². The molecule has 5 atom stereocenters. The number of carbonyl (C=O) groups excluding carboxylic acids is 2. The lowest BCUT2D eigenvalue weighted by Crippen LogP contribution is -2.56. The van der Waals surface area contributed by atoms with Crippen LogP contribution in [-0.4, -0.2) is 37.3 Å². The van der Waals surface area contributed by atoms with Gasteiger partial charge in [0.15, 0.2) is 0 Å². The average Bonchev–Trinajstić information content (AvgIpc) is 3.15. The quantitative estimate of drug-likeness (QED) is 0.446. The molecule has 3 saturated carbocycles. The molecule has 0 aromatic heterocycles. The Kier molecular flexibility index (Phi) is 9.91. The number of nitrogens with one attached hydrogen (secondary N) is 2. The van der Waals surface area contributed by atoms with Crippen molar-refractivity contribution in [3.8, 4) is 0 Å². The molecule has 4 rings (SSSR count). The molecule has 190 valence electrons. The van der Waals surface area contributed by atoms with Crippen molar-refractivity contribution in [1.29, 1.82) is 0 Å². The van der Waals surface area contributed by atoms with E-state index in [2.05, 4.69) is 59.1 Å². The number of rotatable bonds is 9. The van der Waals surface area contributed by atoms with Gasteiger partial charge in [-0.15, -0.1) is 0 Å². The molecular formula is C27H51BN2O3. The van der Waals surface area contributed by atoms with Crippen molar-refractivity contribution in [2.45, 2.75) is 119 Å². The zero-order valence-electron chi connectivity index (χ0n) is 22.9. The van der Waals surface area contributed by atoms with E-state index in [1.54, 1.807) is 0 Å². The van der Waals surface area contributed by atoms with Crippen LogP contribution in [0.2, 0.25) is 6.32 Å². The van der Waals surface area contributed by atoms with E-state index in [0.717, 1.165) is 37.4 Å². The van der Waals surface area contributed by atoms with Crippen LogP contribution in [0.3, 0.4) is 0 Å².